The lowest BCUT2D eigenvalue weighted by Crippen LogP contribution is -2.28. The second kappa shape index (κ2) is 7.27. The Morgan fingerprint density at radius 3 is 2.65 bits per heavy atom. The zero-order chi connectivity index (χ0) is 18.7. The number of benzene rings is 1. The number of fused-ring (bicyclic) bond motifs is 1. The Balaban J connectivity index is 1.96. The first-order valence-corrected chi connectivity index (χ1v) is 9.30. The molecule has 3 aromatic rings. The minimum atomic E-state index is -0.571. The quantitative estimate of drug-likeness (QED) is 0.600. The molecule has 5 heteroatoms. The number of carbonyl (C=O) groups is 1. The second-order valence-electron chi connectivity index (χ2n) is 6.79. The summed E-state index contributed by atoms with van der Waals surface area (Å²) in [6.07, 6.45) is 4.32. The normalized spacial score (nSPS) is 11.3. The number of nitriles is 1. The molecule has 4 nitrogen and oxygen atoms in total. The molecular formula is C21H20N2O2S. The molecule has 0 bridgehead atoms. The summed E-state index contributed by atoms with van der Waals surface area (Å²) in [6.45, 7) is 6.04. The van der Waals surface area contributed by atoms with Crippen LogP contribution in [-0.4, -0.2) is 17.6 Å². The van der Waals surface area contributed by atoms with Gasteiger partial charge in [0.05, 0.1) is 23.7 Å². The third kappa shape index (κ3) is 3.61. The van der Waals surface area contributed by atoms with Crippen molar-refractivity contribution in [3.63, 3.8) is 0 Å². The summed E-state index contributed by atoms with van der Waals surface area (Å²) < 4.78 is 6.33. The molecule has 0 unspecified atom stereocenters. The molecule has 2 aromatic heterocycles. The monoisotopic (exact) mass is 364 g/mol. The van der Waals surface area contributed by atoms with Gasteiger partial charge in [-0.3, -0.25) is 9.78 Å². The number of nitrogens with zero attached hydrogens (tertiary/aromatic N) is 2. The zero-order valence-corrected chi connectivity index (χ0v) is 15.9. The number of esters is 1. The molecule has 0 spiro atoms. The fourth-order valence-corrected chi connectivity index (χ4v) is 4.26. The van der Waals surface area contributed by atoms with Crippen molar-refractivity contribution in [2.75, 3.05) is 6.61 Å². The molecule has 3 rings (SSSR count). The van der Waals surface area contributed by atoms with Crippen molar-refractivity contribution in [3.8, 4) is 17.2 Å². The second-order valence-corrected chi connectivity index (χ2v) is 7.93. The number of rotatable bonds is 5. The van der Waals surface area contributed by atoms with Crippen LogP contribution in [0.4, 0.5) is 0 Å². The fourth-order valence-electron chi connectivity index (χ4n) is 2.87. The van der Waals surface area contributed by atoms with Crippen molar-refractivity contribution in [1.29, 1.82) is 5.26 Å². The summed E-state index contributed by atoms with van der Waals surface area (Å²) in [5, 5.41) is 10.0. The highest BCUT2D eigenvalue weighted by molar-refractivity contribution is 7.19. The number of pyridine rings is 1. The predicted octanol–water partition coefficient (Wildman–Crippen LogP) is 4.97. The summed E-state index contributed by atoms with van der Waals surface area (Å²) in [6, 6.07) is 11.7. The van der Waals surface area contributed by atoms with Crippen LogP contribution in [0.3, 0.4) is 0 Å². The first-order valence-electron chi connectivity index (χ1n) is 8.49. The van der Waals surface area contributed by atoms with Crippen LogP contribution in [0.1, 0.15) is 31.2 Å². The number of ether oxygens (including phenoxy) is 1. The number of hydrogen-bond donors (Lipinski definition) is 0. The number of thiophene rings is 1. The van der Waals surface area contributed by atoms with E-state index in [1.54, 1.807) is 11.3 Å². The molecule has 0 fully saturated rings. The average Bonchev–Trinajstić information content (AvgIpc) is 3.03. The van der Waals surface area contributed by atoms with Crippen LogP contribution in [0.15, 0.2) is 42.7 Å². The van der Waals surface area contributed by atoms with Gasteiger partial charge in [0, 0.05) is 32.9 Å². The van der Waals surface area contributed by atoms with E-state index >= 15 is 0 Å². The lowest BCUT2D eigenvalue weighted by molar-refractivity contribution is -0.153. The highest BCUT2D eigenvalue weighted by Crippen LogP contribution is 2.37. The Morgan fingerprint density at radius 1 is 1.27 bits per heavy atom. The van der Waals surface area contributed by atoms with E-state index in [1.807, 2.05) is 57.4 Å². The maximum atomic E-state index is 12.2. The fraction of sp³-hybridized carbons (Fsp3) is 0.286. The van der Waals surface area contributed by atoms with Crippen molar-refractivity contribution in [2.45, 2.75) is 27.2 Å². The Hall–Kier alpha value is -2.71. The van der Waals surface area contributed by atoms with Gasteiger partial charge in [-0.1, -0.05) is 12.1 Å². The summed E-state index contributed by atoms with van der Waals surface area (Å²) in [5.74, 6) is -0.178. The first kappa shape index (κ1) is 18.1. The third-order valence-corrected chi connectivity index (χ3v) is 5.43. The van der Waals surface area contributed by atoms with Gasteiger partial charge < -0.3 is 4.74 Å². The molecule has 0 aliphatic rings. The predicted molar refractivity (Wildman–Crippen MR) is 104 cm³/mol. The topological polar surface area (TPSA) is 63.0 Å². The molecule has 0 saturated heterocycles. The van der Waals surface area contributed by atoms with Crippen molar-refractivity contribution in [2.24, 2.45) is 5.41 Å². The smallest absolute Gasteiger partial charge is 0.311 e. The van der Waals surface area contributed by atoms with Crippen LogP contribution in [0.5, 0.6) is 0 Å². The van der Waals surface area contributed by atoms with Gasteiger partial charge in [0.25, 0.3) is 0 Å². The number of aromatic nitrogens is 1. The third-order valence-electron chi connectivity index (χ3n) is 4.24. The maximum absolute atomic E-state index is 12.2. The van der Waals surface area contributed by atoms with Gasteiger partial charge in [-0.15, -0.1) is 11.3 Å². The van der Waals surface area contributed by atoms with Gasteiger partial charge >= 0.3 is 5.97 Å². The van der Waals surface area contributed by atoms with Crippen LogP contribution >= 0.6 is 11.3 Å². The standard InChI is InChI=1S/C21H20N2O2S/c1-4-25-20(24)21(2,3)10-17-9-16-12-23-13-18(19(16)26-17)15-7-5-14(11-22)6-8-15/h5-9,12-13H,4,10H2,1-3H3. The summed E-state index contributed by atoms with van der Waals surface area (Å²) in [7, 11) is 0. The molecule has 0 atom stereocenters. The maximum Gasteiger partial charge on any atom is 0.311 e. The van der Waals surface area contributed by atoms with E-state index in [0.29, 0.717) is 18.6 Å². The van der Waals surface area contributed by atoms with E-state index in [4.69, 9.17) is 10.00 Å². The molecule has 132 valence electrons. The SMILES string of the molecule is CCOC(=O)C(C)(C)Cc1cc2cncc(-c3ccc(C#N)cc3)c2s1. The Morgan fingerprint density at radius 2 is 2.00 bits per heavy atom. The lowest BCUT2D eigenvalue weighted by Gasteiger charge is -2.21. The van der Waals surface area contributed by atoms with Gasteiger partial charge in [0.1, 0.15) is 0 Å². The highest BCUT2D eigenvalue weighted by Gasteiger charge is 2.30. The first-order chi connectivity index (χ1) is 12.4. The lowest BCUT2D eigenvalue weighted by atomic mass is 9.89. The van der Waals surface area contributed by atoms with Crippen LogP contribution in [0.25, 0.3) is 21.2 Å². The van der Waals surface area contributed by atoms with Gasteiger partial charge in [-0.25, -0.2) is 0 Å². The van der Waals surface area contributed by atoms with Crippen LogP contribution in [0, 0.1) is 16.7 Å². The summed E-state index contributed by atoms with van der Waals surface area (Å²) >= 11 is 1.68. The van der Waals surface area contributed by atoms with Crippen molar-refractivity contribution < 1.29 is 9.53 Å². The molecule has 0 radical (unpaired) electrons. The summed E-state index contributed by atoms with van der Waals surface area (Å²) in [5.41, 5.74) is 2.13. The molecule has 2 heterocycles. The van der Waals surface area contributed by atoms with Gasteiger partial charge in [0.15, 0.2) is 0 Å². The molecule has 0 aliphatic carbocycles. The highest BCUT2D eigenvalue weighted by atomic mass is 32.1. The van der Waals surface area contributed by atoms with Crippen LogP contribution in [-0.2, 0) is 16.0 Å². The molecule has 0 N–H and O–H groups in total. The molecular weight excluding hydrogens is 344 g/mol. The minimum absolute atomic E-state index is 0.178. The molecule has 26 heavy (non-hydrogen) atoms. The Kier molecular flexibility index (Phi) is 5.06. The minimum Gasteiger partial charge on any atom is -0.466 e. The van der Waals surface area contributed by atoms with Crippen molar-refractivity contribution in [1.82, 2.24) is 4.98 Å². The van der Waals surface area contributed by atoms with Crippen LogP contribution in [0.2, 0.25) is 0 Å². The van der Waals surface area contributed by atoms with E-state index in [0.717, 1.165) is 26.1 Å². The Bertz CT molecular complexity index is 981. The van der Waals surface area contributed by atoms with E-state index in [2.05, 4.69) is 17.1 Å². The Labute approximate surface area is 157 Å². The number of carbonyl (C=O) groups excluding carboxylic acids is 1. The van der Waals surface area contributed by atoms with Gasteiger partial charge in [-0.05, 0) is 51.0 Å². The van der Waals surface area contributed by atoms with E-state index in [1.165, 1.54) is 0 Å². The average molecular weight is 364 g/mol. The number of hydrogen-bond acceptors (Lipinski definition) is 5. The van der Waals surface area contributed by atoms with Crippen molar-refractivity contribution in [3.05, 3.63) is 53.2 Å². The molecule has 0 amide bonds. The van der Waals surface area contributed by atoms with Gasteiger partial charge in [0.2, 0.25) is 0 Å². The largest absolute Gasteiger partial charge is 0.466 e. The zero-order valence-electron chi connectivity index (χ0n) is 15.1. The molecule has 1 aromatic carbocycles. The summed E-state index contributed by atoms with van der Waals surface area (Å²) in [4.78, 5) is 17.7. The van der Waals surface area contributed by atoms with Crippen LogP contribution < -0.4 is 0 Å². The molecule has 0 aliphatic heterocycles. The van der Waals surface area contributed by atoms with E-state index in [-0.39, 0.29) is 5.97 Å². The van der Waals surface area contributed by atoms with E-state index in [9.17, 15) is 4.79 Å². The van der Waals surface area contributed by atoms with E-state index < -0.39 is 5.41 Å². The molecule has 0 saturated carbocycles. The van der Waals surface area contributed by atoms with Gasteiger partial charge in [-0.2, -0.15) is 5.26 Å². The van der Waals surface area contributed by atoms with Crippen molar-refractivity contribution >= 4 is 27.4 Å².